The van der Waals surface area contributed by atoms with E-state index in [2.05, 4.69) is 12.1 Å². The summed E-state index contributed by atoms with van der Waals surface area (Å²) in [4.78, 5) is 26.1. The van der Waals surface area contributed by atoms with Crippen LogP contribution in [0.2, 0.25) is 0 Å². The van der Waals surface area contributed by atoms with Crippen LogP contribution in [-0.2, 0) is 14.3 Å². The highest BCUT2D eigenvalue weighted by molar-refractivity contribution is 5.84. The van der Waals surface area contributed by atoms with E-state index in [1.54, 1.807) is 0 Å². The summed E-state index contributed by atoms with van der Waals surface area (Å²) < 4.78 is 4.81. The van der Waals surface area contributed by atoms with Gasteiger partial charge in [-0.25, -0.2) is 0 Å². The Labute approximate surface area is 125 Å². The van der Waals surface area contributed by atoms with Crippen molar-refractivity contribution in [3.05, 3.63) is 35.9 Å². The highest BCUT2D eigenvalue weighted by atomic mass is 16.5. The van der Waals surface area contributed by atoms with Crippen LogP contribution in [0, 0.1) is 11.8 Å². The van der Waals surface area contributed by atoms with Gasteiger partial charge in [-0.1, -0.05) is 30.3 Å². The Bertz CT molecular complexity index is 528. The van der Waals surface area contributed by atoms with Crippen molar-refractivity contribution in [2.24, 2.45) is 11.8 Å². The lowest BCUT2D eigenvalue weighted by atomic mass is 9.97. The Hall–Kier alpha value is -1.84. The van der Waals surface area contributed by atoms with Gasteiger partial charge in [-0.15, -0.1) is 0 Å². The molecule has 4 nitrogen and oxygen atoms in total. The molecule has 1 saturated carbocycles. The van der Waals surface area contributed by atoms with Gasteiger partial charge in [0.2, 0.25) is 5.91 Å². The zero-order valence-corrected chi connectivity index (χ0v) is 12.3. The second-order valence-corrected chi connectivity index (χ2v) is 6.01. The third-order valence-electron chi connectivity index (χ3n) is 4.60. The fourth-order valence-electron chi connectivity index (χ4n) is 3.31. The van der Waals surface area contributed by atoms with E-state index in [-0.39, 0.29) is 23.7 Å². The van der Waals surface area contributed by atoms with Crippen LogP contribution >= 0.6 is 0 Å². The molecule has 1 heterocycles. The summed E-state index contributed by atoms with van der Waals surface area (Å²) in [6, 6.07) is 10.2. The van der Waals surface area contributed by atoms with Crippen molar-refractivity contribution in [2.75, 3.05) is 20.2 Å². The van der Waals surface area contributed by atoms with E-state index >= 15 is 0 Å². The molecule has 2 fully saturated rings. The number of esters is 1. The van der Waals surface area contributed by atoms with Crippen LogP contribution in [0.1, 0.15) is 30.7 Å². The number of hydrogen-bond acceptors (Lipinski definition) is 3. The van der Waals surface area contributed by atoms with E-state index < -0.39 is 0 Å². The first-order valence-electron chi connectivity index (χ1n) is 7.62. The molecule has 1 amide bonds. The molecule has 0 radical (unpaired) electrons. The minimum atomic E-state index is -0.192. The van der Waals surface area contributed by atoms with Gasteiger partial charge in [0.05, 0.1) is 13.0 Å². The summed E-state index contributed by atoms with van der Waals surface area (Å²) in [6.07, 6.45) is 2.64. The molecule has 1 saturated heterocycles. The first-order valence-corrected chi connectivity index (χ1v) is 7.62. The van der Waals surface area contributed by atoms with Crippen molar-refractivity contribution < 1.29 is 14.3 Å². The molecule has 1 aromatic rings. The Balaban J connectivity index is 1.60. The fourth-order valence-corrected chi connectivity index (χ4v) is 3.31. The number of carbonyl (C=O) groups is 2. The van der Waals surface area contributed by atoms with Gasteiger partial charge in [-0.2, -0.15) is 0 Å². The highest BCUT2D eigenvalue weighted by Crippen LogP contribution is 2.48. The lowest BCUT2D eigenvalue weighted by molar-refractivity contribution is -0.149. The normalized spacial score (nSPS) is 28.0. The van der Waals surface area contributed by atoms with Crippen LogP contribution in [0.5, 0.6) is 0 Å². The molecule has 1 aliphatic carbocycles. The Morgan fingerprint density at radius 2 is 2.00 bits per heavy atom. The summed E-state index contributed by atoms with van der Waals surface area (Å²) in [6.45, 7) is 1.29. The number of ether oxygens (including phenoxy) is 1. The largest absolute Gasteiger partial charge is 0.469 e. The van der Waals surface area contributed by atoms with E-state index in [1.165, 1.54) is 12.7 Å². The van der Waals surface area contributed by atoms with Crippen LogP contribution in [0.15, 0.2) is 30.3 Å². The first kappa shape index (κ1) is 14.1. The van der Waals surface area contributed by atoms with Crippen LogP contribution in [-0.4, -0.2) is 37.0 Å². The number of benzene rings is 1. The average molecular weight is 287 g/mol. The van der Waals surface area contributed by atoms with Gasteiger partial charge in [0.1, 0.15) is 0 Å². The van der Waals surface area contributed by atoms with Crippen molar-refractivity contribution in [3.8, 4) is 0 Å². The third-order valence-corrected chi connectivity index (χ3v) is 4.60. The maximum absolute atomic E-state index is 12.6. The van der Waals surface area contributed by atoms with Gasteiger partial charge >= 0.3 is 5.97 Å². The van der Waals surface area contributed by atoms with E-state index in [4.69, 9.17) is 4.74 Å². The van der Waals surface area contributed by atoms with Crippen molar-refractivity contribution >= 4 is 11.9 Å². The second kappa shape index (κ2) is 5.88. The number of carbonyl (C=O) groups excluding carboxylic acids is 2. The molecule has 0 aromatic heterocycles. The third kappa shape index (κ3) is 2.94. The molecular formula is C17H21NO3. The first-order chi connectivity index (χ1) is 10.2. The number of amides is 1. The molecule has 2 aliphatic rings. The Kier molecular flexibility index (Phi) is 3.95. The standard InChI is InChI=1S/C17H21NO3/c1-21-17(20)13-8-5-9-18(11-13)16(19)15-10-14(15)12-6-3-2-4-7-12/h2-4,6-7,13-15H,5,8-11H2,1H3. The Morgan fingerprint density at radius 3 is 2.71 bits per heavy atom. The number of methoxy groups -OCH3 is 1. The molecule has 3 atom stereocenters. The summed E-state index contributed by atoms with van der Waals surface area (Å²) in [5.74, 6) is 0.322. The van der Waals surface area contributed by atoms with Gasteiger partial charge in [-0.05, 0) is 30.7 Å². The maximum atomic E-state index is 12.6. The molecule has 3 rings (SSSR count). The lowest BCUT2D eigenvalue weighted by Gasteiger charge is -2.31. The van der Waals surface area contributed by atoms with Crippen molar-refractivity contribution in [3.63, 3.8) is 0 Å². The molecule has 3 unspecified atom stereocenters. The van der Waals surface area contributed by atoms with Crippen molar-refractivity contribution in [2.45, 2.75) is 25.2 Å². The van der Waals surface area contributed by atoms with E-state index in [0.29, 0.717) is 12.5 Å². The molecule has 0 N–H and O–H groups in total. The number of hydrogen-bond donors (Lipinski definition) is 0. The zero-order chi connectivity index (χ0) is 14.8. The quantitative estimate of drug-likeness (QED) is 0.801. The molecule has 1 aromatic carbocycles. The van der Waals surface area contributed by atoms with E-state index in [0.717, 1.165) is 25.8 Å². The van der Waals surface area contributed by atoms with Crippen LogP contribution in [0.25, 0.3) is 0 Å². The summed E-state index contributed by atoms with van der Waals surface area (Å²) in [7, 11) is 1.41. The second-order valence-electron chi connectivity index (χ2n) is 6.01. The predicted octanol–water partition coefficient (Wildman–Crippen LogP) is 2.20. The minimum absolute atomic E-state index is 0.101. The summed E-state index contributed by atoms with van der Waals surface area (Å²) in [5, 5.41) is 0. The fraction of sp³-hybridized carbons (Fsp3) is 0.529. The van der Waals surface area contributed by atoms with Gasteiger partial charge in [0, 0.05) is 19.0 Å². The highest BCUT2D eigenvalue weighted by Gasteiger charge is 2.46. The topological polar surface area (TPSA) is 46.6 Å². The minimum Gasteiger partial charge on any atom is -0.469 e. The smallest absolute Gasteiger partial charge is 0.310 e. The Morgan fingerprint density at radius 1 is 1.24 bits per heavy atom. The van der Waals surface area contributed by atoms with Crippen molar-refractivity contribution in [1.29, 1.82) is 0 Å². The van der Waals surface area contributed by atoms with Gasteiger partial charge in [0.15, 0.2) is 0 Å². The molecule has 4 heteroatoms. The summed E-state index contributed by atoms with van der Waals surface area (Å²) >= 11 is 0. The van der Waals surface area contributed by atoms with Crippen molar-refractivity contribution in [1.82, 2.24) is 4.90 Å². The molecule has 0 bridgehead atoms. The zero-order valence-electron chi connectivity index (χ0n) is 12.3. The lowest BCUT2D eigenvalue weighted by Crippen LogP contribution is -2.43. The predicted molar refractivity (Wildman–Crippen MR) is 78.6 cm³/mol. The van der Waals surface area contributed by atoms with Gasteiger partial charge < -0.3 is 9.64 Å². The number of rotatable bonds is 3. The molecule has 1 aliphatic heterocycles. The molecule has 21 heavy (non-hydrogen) atoms. The molecule has 112 valence electrons. The van der Waals surface area contributed by atoms with Crippen LogP contribution < -0.4 is 0 Å². The molecule has 0 spiro atoms. The number of likely N-dealkylation sites (tertiary alicyclic amines) is 1. The maximum Gasteiger partial charge on any atom is 0.310 e. The number of piperidine rings is 1. The monoisotopic (exact) mass is 287 g/mol. The van der Waals surface area contributed by atoms with E-state index in [9.17, 15) is 9.59 Å². The average Bonchev–Trinajstić information content (AvgIpc) is 3.35. The van der Waals surface area contributed by atoms with Gasteiger partial charge in [0.25, 0.3) is 0 Å². The van der Waals surface area contributed by atoms with Crippen LogP contribution in [0.4, 0.5) is 0 Å². The number of nitrogens with zero attached hydrogens (tertiary/aromatic N) is 1. The summed E-state index contributed by atoms with van der Waals surface area (Å²) in [5.41, 5.74) is 1.25. The molecular weight excluding hydrogens is 266 g/mol. The van der Waals surface area contributed by atoms with Gasteiger partial charge in [-0.3, -0.25) is 9.59 Å². The van der Waals surface area contributed by atoms with Crippen LogP contribution in [0.3, 0.4) is 0 Å². The SMILES string of the molecule is COC(=O)C1CCCN(C(=O)C2CC2c2ccccc2)C1. The van der Waals surface area contributed by atoms with E-state index in [1.807, 2.05) is 23.1 Å².